The second-order valence-electron chi connectivity index (χ2n) is 5.30. The fraction of sp³-hybridized carbons (Fsp3) is 0.222. The summed E-state index contributed by atoms with van der Waals surface area (Å²) in [5, 5.41) is 19.5. The molecule has 0 fully saturated rings. The highest BCUT2D eigenvalue weighted by molar-refractivity contribution is 8.01. The van der Waals surface area contributed by atoms with Gasteiger partial charge in [0, 0.05) is 5.92 Å². The van der Waals surface area contributed by atoms with E-state index in [1.54, 1.807) is 36.4 Å². The Balaban J connectivity index is 2.73. The molecule has 2 rings (SSSR count). The van der Waals surface area contributed by atoms with E-state index in [4.69, 9.17) is 0 Å². The molecule has 0 bridgehead atoms. The SMILES string of the molecule is CSC(C(=O)O)(C(=O)O)C(c1ccccc1)c1ccc(C)cc1. The van der Waals surface area contributed by atoms with Gasteiger partial charge in [0.15, 0.2) is 0 Å². The lowest BCUT2D eigenvalue weighted by atomic mass is 9.79. The van der Waals surface area contributed by atoms with Crippen LogP contribution in [-0.4, -0.2) is 33.2 Å². The number of aliphatic carboxylic acids is 2. The van der Waals surface area contributed by atoms with Crippen molar-refractivity contribution in [1.29, 1.82) is 0 Å². The Hall–Kier alpha value is -2.27. The largest absolute Gasteiger partial charge is 0.480 e. The van der Waals surface area contributed by atoms with Crippen LogP contribution in [0.5, 0.6) is 0 Å². The molecule has 0 radical (unpaired) electrons. The smallest absolute Gasteiger partial charge is 0.332 e. The normalized spacial score (nSPS) is 12.6. The molecule has 0 amide bonds. The van der Waals surface area contributed by atoms with Gasteiger partial charge < -0.3 is 10.2 Å². The number of hydrogen-bond donors (Lipinski definition) is 2. The van der Waals surface area contributed by atoms with E-state index < -0.39 is 22.6 Å². The quantitative estimate of drug-likeness (QED) is 0.794. The van der Waals surface area contributed by atoms with Gasteiger partial charge in [-0.1, -0.05) is 60.2 Å². The third kappa shape index (κ3) is 3.10. The molecule has 0 saturated heterocycles. The summed E-state index contributed by atoms with van der Waals surface area (Å²) in [6.45, 7) is 1.93. The maximum Gasteiger partial charge on any atom is 0.332 e. The highest BCUT2D eigenvalue weighted by atomic mass is 32.2. The Morgan fingerprint density at radius 3 is 1.83 bits per heavy atom. The summed E-state index contributed by atoms with van der Waals surface area (Å²) in [4.78, 5) is 23.9. The summed E-state index contributed by atoms with van der Waals surface area (Å²) in [5.74, 6) is -3.51. The average molecular weight is 330 g/mol. The lowest BCUT2D eigenvalue weighted by molar-refractivity contribution is -0.152. The average Bonchev–Trinajstić information content (AvgIpc) is 2.54. The predicted molar refractivity (Wildman–Crippen MR) is 91.0 cm³/mol. The van der Waals surface area contributed by atoms with Crippen molar-refractivity contribution in [3.8, 4) is 0 Å². The molecule has 0 saturated carbocycles. The molecule has 0 heterocycles. The number of rotatable bonds is 6. The van der Waals surface area contributed by atoms with Crippen LogP contribution in [0.25, 0.3) is 0 Å². The van der Waals surface area contributed by atoms with Crippen molar-refractivity contribution in [3.05, 3.63) is 71.3 Å². The van der Waals surface area contributed by atoms with E-state index in [-0.39, 0.29) is 0 Å². The minimum absolute atomic E-state index is 0.663. The van der Waals surface area contributed by atoms with Crippen LogP contribution < -0.4 is 0 Å². The molecule has 0 aromatic heterocycles. The number of hydrogen-bond acceptors (Lipinski definition) is 3. The standard InChI is InChI=1S/C18H18O4S/c1-12-8-10-14(11-9-12)15(13-6-4-3-5-7-13)18(23-2,16(19)20)17(21)22/h3-11,15H,1-2H3,(H,19,20)(H,21,22). The van der Waals surface area contributed by atoms with Crippen LogP contribution in [0.4, 0.5) is 0 Å². The van der Waals surface area contributed by atoms with Gasteiger partial charge in [-0.05, 0) is 24.3 Å². The third-order valence-electron chi connectivity index (χ3n) is 3.91. The summed E-state index contributed by atoms with van der Waals surface area (Å²) in [6.07, 6.45) is 1.52. The first-order chi connectivity index (χ1) is 10.9. The summed E-state index contributed by atoms with van der Waals surface area (Å²) < 4.78 is -1.99. The van der Waals surface area contributed by atoms with Crippen molar-refractivity contribution in [2.75, 3.05) is 6.26 Å². The van der Waals surface area contributed by atoms with E-state index in [0.29, 0.717) is 11.1 Å². The maximum absolute atomic E-state index is 11.9. The van der Waals surface area contributed by atoms with Crippen LogP contribution in [0.2, 0.25) is 0 Å². The van der Waals surface area contributed by atoms with Gasteiger partial charge in [0.25, 0.3) is 0 Å². The fourth-order valence-corrected chi connectivity index (χ4v) is 3.55. The number of thioether (sulfide) groups is 1. The zero-order valence-corrected chi connectivity index (χ0v) is 13.7. The van der Waals surface area contributed by atoms with Gasteiger partial charge in [-0.2, -0.15) is 0 Å². The van der Waals surface area contributed by atoms with Crippen molar-refractivity contribution in [1.82, 2.24) is 0 Å². The minimum Gasteiger partial charge on any atom is -0.480 e. The lowest BCUT2D eigenvalue weighted by Gasteiger charge is -2.32. The molecule has 4 nitrogen and oxygen atoms in total. The molecule has 120 valence electrons. The first kappa shape index (κ1) is 17.1. The molecule has 2 aromatic carbocycles. The number of carbonyl (C=O) groups is 2. The number of carboxylic acids is 2. The van der Waals surface area contributed by atoms with Crippen molar-refractivity contribution < 1.29 is 19.8 Å². The molecule has 0 aliphatic rings. The van der Waals surface area contributed by atoms with E-state index in [0.717, 1.165) is 17.3 Å². The van der Waals surface area contributed by atoms with Crippen LogP contribution >= 0.6 is 11.8 Å². The van der Waals surface area contributed by atoms with E-state index in [1.807, 2.05) is 25.1 Å². The van der Waals surface area contributed by atoms with Gasteiger partial charge >= 0.3 is 11.9 Å². The number of carboxylic acid groups (broad SMARTS) is 2. The molecule has 0 aliphatic carbocycles. The number of benzene rings is 2. The molecular formula is C18H18O4S. The predicted octanol–water partition coefficient (Wildman–Crippen LogP) is 3.40. The molecule has 2 aromatic rings. The fourth-order valence-electron chi connectivity index (χ4n) is 2.70. The van der Waals surface area contributed by atoms with E-state index in [2.05, 4.69) is 0 Å². The molecule has 23 heavy (non-hydrogen) atoms. The van der Waals surface area contributed by atoms with Crippen molar-refractivity contribution in [2.24, 2.45) is 0 Å². The Bertz CT molecular complexity index is 681. The molecule has 5 heteroatoms. The van der Waals surface area contributed by atoms with Crippen LogP contribution in [0.15, 0.2) is 54.6 Å². The highest BCUT2D eigenvalue weighted by Crippen LogP contribution is 2.43. The second-order valence-corrected chi connectivity index (χ2v) is 6.36. The molecule has 0 spiro atoms. The zero-order chi connectivity index (χ0) is 17.0. The molecule has 1 unspecified atom stereocenters. The van der Waals surface area contributed by atoms with Crippen LogP contribution in [0.3, 0.4) is 0 Å². The summed E-state index contributed by atoms with van der Waals surface area (Å²) in [7, 11) is 0. The van der Waals surface area contributed by atoms with Crippen molar-refractivity contribution >= 4 is 23.7 Å². The van der Waals surface area contributed by atoms with Crippen molar-refractivity contribution in [2.45, 2.75) is 17.6 Å². The first-order valence-corrected chi connectivity index (χ1v) is 8.29. The van der Waals surface area contributed by atoms with Crippen molar-refractivity contribution in [3.63, 3.8) is 0 Å². The van der Waals surface area contributed by atoms with Crippen LogP contribution in [0, 0.1) is 6.92 Å². The topological polar surface area (TPSA) is 74.6 Å². The molecule has 0 aliphatic heterocycles. The van der Waals surface area contributed by atoms with Gasteiger partial charge in [0.2, 0.25) is 4.75 Å². The summed E-state index contributed by atoms with van der Waals surface area (Å²) >= 11 is 0.836. The Labute approximate surface area is 139 Å². The van der Waals surface area contributed by atoms with Gasteiger partial charge in [-0.25, -0.2) is 0 Å². The Kier molecular flexibility index (Phi) is 5.11. The monoisotopic (exact) mass is 330 g/mol. The maximum atomic E-state index is 11.9. The van der Waals surface area contributed by atoms with Gasteiger partial charge in [0.1, 0.15) is 0 Å². The van der Waals surface area contributed by atoms with Gasteiger partial charge in [0.05, 0.1) is 0 Å². The Morgan fingerprint density at radius 2 is 1.39 bits per heavy atom. The minimum atomic E-state index is -1.99. The lowest BCUT2D eigenvalue weighted by Crippen LogP contribution is -2.49. The third-order valence-corrected chi connectivity index (χ3v) is 5.14. The second kappa shape index (κ2) is 6.87. The number of aryl methyl sites for hydroxylation is 1. The molecule has 1 atom stereocenters. The Morgan fingerprint density at radius 1 is 0.913 bits per heavy atom. The molecule has 2 N–H and O–H groups in total. The van der Waals surface area contributed by atoms with Crippen LogP contribution in [-0.2, 0) is 9.59 Å². The summed E-state index contributed by atoms with van der Waals surface area (Å²) in [6, 6.07) is 16.2. The zero-order valence-electron chi connectivity index (χ0n) is 12.9. The molecular weight excluding hydrogens is 312 g/mol. The van der Waals surface area contributed by atoms with Gasteiger partial charge in [-0.3, -0.25) is 9.59 Å². The van der Waals surface area contributed by atoms with E-state index in [1.165, 1.54) is 6.26 Å². The summed E-state index contributed by atoms with van der Waals surface area (Å²) in [5.41, 5.74) is 2.36. The van der Waals surface area contributed by atoms with Gasteiger partial charge in [-0.15, -0.1) is 11.8 Å². The van der Waals surface area contributed by atoms with Crippen LogP contribution in [0.1, 0.15) is 22.6 Å². The van der Waals surface area contributed by atoms with E-state index in [9.17, 15) is 19.8 Å². The highest BCUT2D eigenvalue weighted by Gasteiger charge is 2.54. The first-order valence-electron chi connectivity index (χ1n) is 7.07. The van der Waals surface area contributed by atoms with E-state index >= 15 is 0 Å².